The Morgan fingerprint density at radius 2 is 2.05 bits per heavy atom. The molecule has 1 aliphatic carbocycles. The minimum atomic E-state index is -0.518. The molecule has 1 fully saturated rings. The number of carbonyl (C=O) groups excluding carboxylic acids is 1. The molecule has 1 amide bonds. The zero-order chi connectivity index (χ0) is 16.3. The first-order valence-corrected chi connectivity index (χ1v) is 8.19. The Balaban J connectivity index is 1.86. The van der Waals surface area contributed by atoms with E-state index < -0.39 is 6.10 Å². The Morgan fingerprint density at radius 3 is 2.59 bits per heavy atom. The second-order valence-corrected chi connectivity index (χ2v) is 6.68. The lowest BCUT2D eigenvalue weighted by molar-refractivity contribution is -0.127. The molecule has 1 aromatic carbocycles. The summed E-state index contributed by atoms with van der Waals surface area (Å²) in [5.41, 5.74) is 8.49. The average molecular weight is 304 g/mol. The minimum Gasteiger partial charge on any atom is -0.481 e. The maximum atomic E-state index is 12.1. The summed E-state index contributed by atoms with van der Waals surface area (Å²) in [7, 11) is 0. The molecule has 122 valence electrons. The molecule has 0 saturated heterocycles. The molecule has 22 heavy (non-hydrogen) atoms. The Kier molecular flexibility index (Phi) is 5.46. The quantitative estimate of drug-likeness (QED) is 0.814. The molecule has 2 rings (SSSR count). The lowest BCUT2D eigenvalue weighted by Gasteiger charge is -2.18. The highest BCUT2D eigenvalue weighted by molar-refractivity contribution is 5.80. The van der Waals surface area contributed by atoms with Crippen LogP contribution in [0.3, 0.4) is 0 Å². The number of rotatable bonds is 7. The molecule has 1 aromatic rings. The van der Waals surface area contributed by atoms with Crippen molar-refractivity contribution in [2.24, 2.45) is 11.7 Å². The number of nitrogens with two attached hydrogens (primary N) is 1. The van der Waals surface area contributed by atoms with Crippen molar-refractivity contribution in [1.29, 1.82) is 0 Å². The highest BCUT2D eigenvalue weighted by Crippen LogP contribution is 2.31. The smallest absolute Gasteiger partial charge is 0.260 e. The summed E-state index contributed by atoms with van der Waals surface area (Å²) in [6.07, 6.45) is 1.85. The minimum absolute atomic E-state index is 0.0729. The van der Waals surface area contributed by atoms with Crippen LogP contribution in [0.2, 0.25) is 0 Å². The van der Waals surface area contributed by atoms with Gasteiger partial charge < -0.3 is 15.8 Å². The maximum absolute atomic E-state index is 12.1. The maximum Gasteiger partial charge on any atom is 0.260 e. The van der Waals surface area contributed by atoms with Crippen LogP contribution in [0.25, 0.3) is 0 Å². The topological polar surface area (TPSA) is 64.3 Å². The number of benzene rings is 1. The van der Waals surface area contributed by atoms with E-state index in [1.807, 2.05) is 12.1 Å². The molecule has 2 unspecified atom stereocenters. The number of ether oxygens (including phenoxy) is 1. The van der Waals surface area contributed by atoms with Gasteiger partial charge in [0.2, 0.25) is 0 Å². The van der Waals surface area contributed by atoms with Crippen LogP contribution in [-0.2, 0) is 4.79 Å². The molecule has 0 radical (unpaired) electrons. The van der Waals surface area contributed by atoms with Gasteiger partial charge in [-0.2, -0.15) is 0 Å². The molecule has 0 spiro atoms. The van der Waals surface area contributed by atoms with E-state index in [1.165, 1.54) is 24.0 Å². The first kappa shape index (κ1) is 16.8. The van der Waals surface area contributed by atoms with Crippen molar-refractivity contribution < 1.29 is 9.53 Å². The number of hydrogen-bond donors (Lipinski definition) is 2. The normalized spacial score (nSPS) is 17.2. The first-order chi connectivity index (χ1) is 10.4. The van der Waals surface area contributed by atoms with Gasteiger partial charge in [-0.3, -0.25) is 4.79 Å². The second kappa shape index (κ2) is 7.14. The number of nitrogens with one attached hydrogen (secondary N) is 1. The summed E-state index contributed by atoms with van der Waals surface area (Å²) < 4.78 is 5.75. The molecule has 1 saturated carbocycles. The standard InChI is InChI=1S/C18H28N2O2/c1-11(2)16-8-7-15(9-12(16)3)22-13(4)18(21)20-10-17(19)14-5-6-14/h7-9,11,13-14,17H,5-6,10,19H2,1-4H3,(H,20,21). The highest BCUT2D eigenvalue weighted by Gasteiger charge is 2.29. The zero-order valence-corrected chi connectivity index (χ0v) is 14.1. The van der Waals surface area contributed by atoms with Gasteiger partial charge in [-0.05, 0) is 61.8 Å². The SMILES string of the molecule is Cc1cc(OC(C)C(=O)NCC(N)C2CC2)ccc1C(C)C. The van der Waals surface area contributed by atoms with E-state index >= 15 is 0 Å². The molecular weight excluding hydrogens is 276 g/mol. The van der Waals surface area contributed by atoms with Gasteiger partial charge in [0.25, 0.3) is 5.91 Å². The molecule has 0 aliphatic heterocycles. The van der Waals surface area contributed by atoms with Crippen molar-refractivity contribution in [2.75, 3.05) is 6.54 Å². The zero-order valence-electron chi connectivity index (χ0n) is 14.1. The van der Waals surface area contributed by atoms with Crippen molar-refractivity contribution in [3.63, 3.8) is 0 Å². The van der Waals surface area contributed by atoms with Crippen LogP contribution in [0.4, 0.5) is 0 Å². The van der Waals surface area contributed by atoms with Crippen molar-refractivity contribution in [3.8, 4) is 5.75 Å². The monoisotopic (exact) mass is 304 g/mol. The van der Waals surface area contributed by atoms with Crippen LogP contribution in [0.5, 0.6) is 5.75 Å². The van der Waals surface area contributed by atoms with Crippen LogP contribution in [0, 0.1) is 12.8 Å². The summed E-state index contributed by atoms with van der Waals surface area (Å²) in [6, 6.07) is 6.07. The third-order valence-corrected chi connectivity index (χ3v) is 4.28. The third-order valence-electron chi connectivity index (χ3n) is 4.28. The average Bonchev–Trinajstić information content (AvgIpc) is 3.28. The summed E-state index contributed by atoms with van der Waals surface area (Å²) in [5, 5.41) is 2.88. The molecule has 0 bridgehead atoms. The third kappa shape index (κ3) is 4.47. The van der Waals surface area contributed by atoms with E-state index in [1.54, 1.807) is 6.92 Å². The number of hydrogen-bond acceptors (Lipinski definition) is 3. The van der Waals surface area contributed by atoms with Crippen LogP contribution in [0.15, 0.2) is 18.2 Å². The molecule has 3 N–H and O–H groups in total. The van der Waals surface area contributed by atoms with E-state index in [2.05, 4.69) is 32.2 Å². The van der Waals surface area contributed by atoms with Gasteiger partial charge in [0, 0.05) is 12.6 Å². The van der Waals surface area contributed by atoms with Crippen LogP contribution in [-0.4, -0.2) is 24.6 Å². The summed E-state index contributed by atoms with van der Waals surface area (Å²) in [6.45, 7) is 8.71. The van der Waals surface area contributed by atoms with E-state index in [9.17, 15) is 4.79 Å². The van der Waals surface area contributed by atoms with Crippen molar-refractivity contribution in [3.05, 3.63) is 29.3 Å². The van der Waals surface area contributed by atoms with E-state index in [-0.39, 0.29) is 11.9 Å². The Morgan fingerprint density at radius 1 is 1.36 bits per heavy atom. The van der Waals surface area contributed by atoms with Gasteiger partial charge in [0.05, 0.1) is 0 Å². The molecule has 4 heteroatoms. The van der Waals surface area contributed by atoms with Gasteiger partial charge in [0.1, 0.15) is 5.75 Å². The van der Waals surface area contributed by atoms with E-state index in [0.29, 0.717) is 18.4 Å². The number of carbonyl (C=O) groups is 1. The van der Waals surface area contributed by atoms with Gasteiger partial charge in [0.15, 0.2) is 6.10 Å². The first-order valence-electron chi connectivity index (χ1n) is 8.19. The molecular formula is C18H28N2O2. The lowest BCUT2D eigenvalue weighted by atomic mass is 9.98. The van der Waals surface area contributed by atoms with Crippen molar-refractivity contribution in [1.82, 2.24) is 5.32 Å². The van der Waals surface area contributed by atoms with E-state index in [0.717, 1.165) is 5.75 Å². The summed E-state index contributed by atoms with van der Waals surface area (Å²) in [5.74, 6) is 1.69. The number of amides is 1. The highest BCUT2D eigenvalue weighted by atomic mass is 16.5. The van der Waals surface area contributed by atoms with E-state index in [4.69, 9.17) is 10.5 Å². The predicted molar refractivity (Wildman–Crippen MR) is 89.1 cm³/mol. The molecule has 4 nitrogen and oxygen atoms in total. The summed E-state index contributed by atoms with van der Waals surface area (Å²) in [4.78, 5) is 12.1. The summed E-state index contributed by atoms with van der Waals surface area (Å²) >= 11 is 0. The van der Waals surface area contributed by atoms with Crippen molar-refractivity contribution in [2.45, 2.75) is 58.6 Å². The Hall–Kier alpha value is -1.55. The van der Waals surface area contributed by atoms with Crippen LogP contribution >= 0.6 is 0 Å². The van der Waals surface area contributed by atoms with Gasteiger partial charge in [-0.1, -0.05) is 19.9 Å². The lowest BCUT2D eigenvalue weighted by Crippen LogP contribution is -2.43. The largest absolute Gasteiger partial charge is 0.481 e. The van der Waals surface area contributed by atoms with Crippen LogP contribution in [0.1, 0.15) is 50.7 Å². The Bertz CT molecular complexity index is 524. The van der Waals surface area contributed by atoms with Gasteiger partial charge in [-0.25, -0.2) is 0 Å². The fraction of sp³-hybridized carbons (Fsp3) is 0.611. The fourth-order valence-electron chi connectivity index (χ4n) is 2.68. The van der Waals surface area contributed by atoms with Gasteiger partial charge in [-0.15, -0.1) is 0 Å². The van der Waals surface area contributed by atoms with Gasteiger partial charge >= 0.3 is 0 Å². The predicted octanol–water partition coefficient (Wildman–Crippen LogP) is 2.74. The molecule has 2 atom stereocenters. The Labute approximate surface area is 133 Å². The molecule has 0 aromatic heterocycles. The van der Waals surface area contributed by atoms with Crippen LogP contribution < -0.4 is 15.8 Å². The molecule has 0 heterocycles. The number of aryl methyl sites for hydroxylation is 1. The van der Waals surface area contributed by atoms with Crippen molar-refractivity contribution >= 4 is 5.91 Å². The second-order valence-electron chi connectivity index (χ2n) is 6.68. The molecule has 1 aliphatic rings. The fourth-order valence-corrected chi connectivity index (χ4v) is 2.68.